The maximum Gasteiger partial charge on any atom is 2.00 e. The second-order valence-corrected chi connectivity index (χ2v) is 2.88. The van der Waals surface area contributed by atoms with Crippen LogP contribution in [0.3, 0.4) is 0 Å². The Morgan fingerprint density at radius 3 is 0.941 bits per heavy atom. The zero-order valence-corrected chi connectivity index (χ0v) is 14.7. The molecule has 0 aliphatic carbocycles. The number of carbonyl (C=O) groups excluding carboxylic acids is 2. The molecule has 0 heterocycles. The van der Waals surface area contributed by atoms with Crippen LogP contribution >= 0.6 is 0 Å². The van der Waals surface area contributed by atoms with Gasteiger partial charge < -0.3 is 29.6 Å². The number of rotatable bonds is 4. The molecule has 0 aliphatic rings. The van der Waals surface area contributed by atoms with Gasteiger partial charge in [-0.15, -0.1) is 0 Å². The van der Waals surface area contributed by atoms with Gasteiger partial charge in [-0.1, -0.05) is 0 Å². The zero-order chi connectivity index (χ0) is 13.1. The molecule has 0 rings (SSSR count). The Labute approximate surface area is 123 Å². The summed E-state index contributed by atoms with van der Waals surface area (Å²) in [6.07, 6.45) is -2.18. The van der Waals surface area contributed by atoms with Gasteiger partial charge in [-0.2, -0.15) is 0 Å². The molecule has 0 aromatic heterocycles. The van der Waals surface area contributed by atoms with Crippen molar-refractivity contribution in [2.45, 2.75) is 27.7 Å². The molecule has 2 radical (unpaired) electrons. The first-order valence-corrected chi connectivity index (χ1v) is 5.36. The van der Waals surface area contributed by atoms with E-state index in [0.717, 1.165) is 0 Å². The number of hydrogen-bond acceptors (Lipinski definition) is 4. The van der Waals surface area contributed by atoms with Gasteiger partial charge in [-0.25, -0.2) is 0 Å². The molecule has 0 aliphatic heterocycles. The monoisotopic (exact) mass is 440 g/mol. The van der Waals surface area contributed by atoms with Gasteiger partial charge in [0.05, 0.1) is 0 Å². The largest absolute Gasteiger partial charge is 2.00 e. The molecule has 0 saturated carbocycles. The summed E-state index contributed by atoms with van der Waals surface area (Å²) in [6, 6.07) is 0. The molecule has 0 N–H and O–H groups in total. The number of hydrogen-bond donors (Lipinski definition) is 0. The Kier molecular flexibility index (Phi) is 17.3. The van der Waals surface area contributed by atoms with Crippen molar-refractivity contribution < 1.29 is 19.8 Å². The average molecular weight is 439 g/mol. The molecule has 0 aromatic carbocycles. The molecular weight excluding hydrogens is 419 g/mol. The molecule has 98 valence electrons. The summed E-state index contributed by atoms with van der Waals surface area (Å²) in [6.45, 7) is 9.16. The second-order valence-electron chi connectivity index (χ2n) is 2.88. The van der Waals surface area contributed by atoms with Crippen LogP contribution in [0.2, 0.25) is 0 Å². The van der Waals surface area contributed by atoms with Crippen LogP contribution in [0.1, 0.15) is 27.7 Å². The third kappa shape index (κ3) is 11.7. The Morgan fingerprint density at radius 2 is 0.941 bits per heavy atom. The van der Waals surface area contributed by atoms with Gasteiger partial charge in [0.15, 0.2) is 0 Å². The second kappa shape index (κ2) is 13.5. The van der Waals surface area contributed by atoms with E-state index in [1.54, 1.807) is 27.7 Å². The van der Waals surface area contributed by atoms with E-state index in [1.165, 1.54) is 9.80 Å². The fourth-order valence-electron chi connectivity index (χ4n) is 0.964. The van der Waals surface area contributed by atoms with Crippen molar-refractivity contribution in [2.24, 2.45) is 0 Å². The van der Waals surface area contributed by atoms with Gasteiger partial charge in [-0.05, 0) is 27.7 Å². The Hall–Kier alpha value is -0.538. The smallest absolute Gasteiger partial charge is 0.530 e. The summed E-state index contributed by atoms with van der Waals surface area (Å²) in [5.74, 6) is 0. The topological polar surface area (TPSA) is 86.7 Å². The van der Waals surface area contributed by atoms with Crippen LogP contribution in [0.15, 0.2) is 0 Å². The van der Waals surface area contributed by atoms with E-state index in [9.17, 15) is 19.8 Å². The minimum atomic E-state index is -1.09. The van der Waals surface area contributed by atoms with E-state index in [2.05, 4.69) is 0 Å². The molecule has 6 nitrogen and oxygen atoms in total. The predicted molar refractivity (Wildman–Crippen MR) is 62.4 cm³/mol. The van der Waals surface area contributed by atoms with Gasteiger partial charge in [0, 0.05) is 26.2 Å². The summed E-state index contributed by atoms with van der Waals surface area (Å²) < 4.78 is 0. The predicted octanol–water partition coefficient (Wildman–Crippen LogP) is -1.04. The molecule has 0 fully saturated rings. The first kappa shape index (κ1) is 21.7. The van der Waals surface area contributed by atoms with Crippen LogP contribution in [0.4, 0.5) is 9.59 Å². The fraction of sp³-hybridized carbons (Fsp3) is 0.800. The standard InChI is InChI=1S/2C5H11NO2.Pb/c2*1-3-6(4-2)5(7)8;/h2*3-4H2,1-2H3,(H,7,8);/q;;+2/p-2. The van der Waals surface area contributed by atoms with Gasteiger partial charge in [0.2, 0.25) is 0 Å². The Morgan fingerprint density at radius 1 is 0.765 bits per heavy atom. The van der Waals surface area contributed by atoms with Crippen LogP contribution in [0.5, 0.6) is 0 Å². The molecular formula is C10H20N2O4Pb. The van der Waals surface area contributed by atoms with Crippen LogP contribution < -0.4 is 10.2 Å². The van der Waals surface area contributed by atoms with E-state index in [0.29, 0.717) is 26.2 Å². The van der Waals surface area contributed by atoms with Crippen molar-refractivity contribution in [1.29, 1.82) is 0 Å². The van der Waals surface area contributed by atoms with E-state index in [1.807, 2.05) is 0 Å². The molecule has 7 heteroatoms. The number of nitrogens with zero attached hydrogens (tertiary/aromatic N) is 2. The van der Waals surface area contributed by atoms with E-state index >= 15 is 0 Å². The molecule has 17 heavy (non-hydrogen) atoms. The third-order valence-electron chi connectivity index (χ3n) is 2.04. The van der Waals surface area contributed by atoms with Gasteiger partial charge in [0.1, 0.15) is 12.2 Å². The summed E-state index contributed by atoms with van der Waals surface area (Å²) in [5, 5.41) is 20.0. The van der Waals surface area contributed by atoms with E-state index < -0.39 is 12.2 Å². The van der Waals surface area contributed by atoms with Crippen LogP contribution in [-0.4, -0.2) is 75.5 Å². The SMILES string of the molecule is CCN(CC)C(=O)[O-].CCN(CC)C(=O)[O-].[Pb+2]. The third-order valence-corrected chi connectivity index (χ3v) is 2.04. The van der Waals surface area contributed by atoms with Gasteiger partial charge in [0.25, 0.3) is 0 Å². The maximum absolute atomic E-state index is 9.98. The normalized spacial score (nSPS) is 8.24. The fourth-order valence-corrected chi connectivity index (χ4v) is 0.964. The zero-order valence-electron chi connectivity index (χ0n) is 10.9. The van der Waals surface area contributed by atoms with Crippen LogP contribution in [0.25, 0.3) is 0 Å². The summed E-state index contributed by atoms with van der Waals surface area (Å²) >= 11 is 0. The minimum absolute atomic E-state index is 0. The van der Waals surface area contributed by atoms with Crippen molar-refractivity contribution in [3.8, 4) is 0 Å². The molecule has 0 aromatic rings. The van der Waals surface area contributed by atoms with Crippen molar-refractivity contribution in [3.05, 3.63) is 0 Å². The van der Waals surface area contributed by atoms with Gasteiger partial charge >= 0.3 is 27.3 Å². The number of carboxylic acid groups (broad SMARTS) is 2. The van der Waals surface area contributed by atoms with Crippen molar-refractivity contribution >= 4 is 39.5 Å². The molecule has 2 amide bonds. The Bertz CT molecular complexity index is 184. The van der Waals surface area contributed by atoms with E-state index in [4.69, 9.17) is 0 Å². The molecule has 0 spiro atoms. The van der Waals surface area contributed by atoms with Crippen molar-refractivity contribution in [3.63, 3.8) is 0 Å². The summed E-state index contributed by atoms with van der Waals surface area (Å²) in [4.78, 5) is 22.4. The number of carbonyl (C=O) groups is 2. The number of amides is 2. The molecule has 0 atom stereocenters. The first-order chi connectivity index (χ1) is 7.44. The molecule has 0 saturated heterocycles. The quantitative estimate of drug-likeness (QED) is 0.524. The first-order valence-electron chi connectivity index (χ1n) is 5.36. The van der Waals surface area contributed by atoms with Gasteiger partial charge in [-0.3, -0.25) is 0 Å². The molecule has 0 bridgehead atoms. The van der Waals surface area contributed by atoms with Crippen LogP contribution in [-0.2, 0) is 0 Å². The maximum atomic E-state index is 9.98. The summed E-state index contributed by atoms with van der Waals surface area (Å²) in [5.41, 5.74) is 0. The average Bonchev–Trinajstić information content (AvgIpc) is 2.21. The summed E-state index contributed by atoms with van der Waals surface area (Å²) in [7, 11) is 0. The van der Waals surface area contributed by atoms with Crippen molar-refractivity contribution in [1.82, 2.24) is 9.80 Å². The van der Waals surface area contributed by atoms with Crippen molar-refractivity contribution in [2.75, 3.05) is 26.2 Å². The van der Waals surface area contributed by atoms with E-state index in [-0.39, 0.29) is 27.3 Å². The van der Waals surface area contributed by atoms with Crippen LogP contribution in [0, 0.1) is 0 Å². The molecule has 0 unspecified atom stereocenters. The Balaban J connectivity index is -0.000000218. The minimum Gasteiger partial charge on any atom is -0.530 e.